The quantitative estimate of drug-likeness (QED) is 0.277. The van der Waals surface area contributed by atoms with Crippen LogP contribution in [-0.4, -0.2) is 40.6 Å². The van der Waals surface area contributed by atoms with Crippen molar-refractivity contribution < 1.29 is 28.6 Å². The molecule has 23 heavy (non-hydrogen) atoms. The van der Waals surface area contributed by atoms with Crippen molar-refractivity contribution in [2.45, 2.75) is 42.3 Å². The highest BCUT2D eigenvalue weighted by Crippen LogP contribution is 2.62. The summed E-state index contributed by atoms with van der Waals surface area (Å²) in [5.74, 6) is -1.86. The van der Waals surface area contributed by atoms with E-state index < -0.39 is 42.1 Å². The Morgan fingerprint density at radius 1 is 1.57 bits per heavy atom. The summed E-state index contributed by atoms with van der Waals surface area (Å²) in [6.07, 6.45) is 0.546. The first kappa shape index (κ1) is 16.5. The van der Waals surface area contributed by atoms with Crippen molar-refractivity contribution in [1.29, 1.82) is 5.26 Å². The van der Waals surface area contributed by atoms with Crippen LogP contribution in [0.5, 0.6) is 0 Å². The van der Waals surface area contributed by atoms with Gasteiger partial charge < -0.3 is 14.2 Å². The molecule has 6 unspecified atom stereocenters. The Kier molecular flexibility index (Phi) is 4.25. The number of esters is 3. The lowest BCUT2D eigenvalue weighted by molar-refractivity contribution is -0.169. The molecule has 2 saturated carbocycles. The van der Waals surface area contributed by atoms with Crippen molar-refractivity contribution in [1.82, 2.24) is 0 Å². The van der Waals surface area contributed by atoms with E-state index >= 15 is 0 Å². The Morgan fingerprint density at radius 3 is 2.96 bits per heavy atom. The highest BCUT2D eigenvalue weighted by atomic mass is 127. The van der Waals surface area contributed by atoms with Gasteiger partial charge in [0.05, 0.1) is 6.07 Å². The van der Waals surface area contributed by atoms with Crippen LogP contribution in [0.3, 0.4) is 0 Å². The maximum absolute atomic E-state index is 11.9. The zero-order valence-corrected chi connectivity index (χ0v) is 14.6. The van der Waals surface area contributed by atoms with Gasteiger partial charge in [-0.2, -0.15) is 5.26 Å². The molecule has 3 rings (SSSR count). The topological polar surface area (TPSA) is 103 Å². The minimum absolute atomic E-state index is 0.0521. The summed E-state index contributed by atoms with van der Waals surface area (Å²) in [6, 6.07) is 2.10. The number of rotatable bonds is 5. The summed E-state index contributed by atoms with van der Waals surface area (Å²) in [6.45, 7) is 1.40. The van der Waals surface area contributed by atoms with E-state index in [-0.39, 0.29) is 15.8 Å². The van der Waals surface area contributed by atoms with Crippen molar-refractivity contribution in [2.75, 3.05) is 6.61 Å². The van der Waals surface area contributed by atoms with E-state index in [4.69, 9.17) is 14.2 Å². The molecule has 0 N–H and O–H groups in total. The van der Waals surface area contributed by atoms with Crippen molar-refractivity contribution in [3.8, 4) is 6.07 Å². The summed E-state index contributed by atoms with van der Waals surface area (Å²) in [5.41, 5.74) is -1.06. The van der Waals surface area contributed by atoms with Crippen LogP contribution in [0.2, 0.25) is 0 Å². The van der Waals surface area contributed by atoms with E-state index in [0.717, 1.165) is 0 Å². The summed E-state index contributed by atoms with van der Waals surface area (Å²) in [7, 11) is 0. The van der Waals surface area contributed by atoms with Crippen molar-refractivity contribution in [3.63, 3.8) is 0 Å². The van der Waals surface area contributed by atoms with Gasteiger partial charge in [0.1, 0.15) is 16.1 Å². The van der Waals surface area contributed by atoms with Gasteiger partial charge in [0, 0.05) is 11.8 Å². The first-order valence-electron chi connectivity index (χ1n) is 7.55. The normalized spacial score (nSPS) is 37.9. The molecule has 2 bridgehead atoms. The van der Waals surface area contributed by atoms with E-state index in [1.165, 1.54) is 0 Å². The summed E-state index contributed by atoms with van der Waals surface area (Å²) in [4.78, 5) is 35.4. The molecule has 3 fully saturated rings. The molecule has 8 heteroatoms. The van der Waals surface area contributed by atoms with Gasteiger partial charge >= 0.3 is 17.9 Å². The Bertz CT molecular complexity index is 601. The highest BCUT2D eigenvalue weighted by molar-refractivity contribution is 14.1. The van der Waals surface area contributed by atoms with E-state index in [9.17, 15) is 19.6 Å². The average Bonchev–Trinajstić information content (AvgIpc) is 3.13. The largest absolute Gasteiger partial charge is 0.457 e. The van der Waals surface area contributed by atoms with Gasteiger partial charge in [0.2, 0.25) is 0 Å². The first-order chi connectivity index (χ1) is 10.9. The molecule has 3 aliphatic rings. The lowest BCUT2D eigenvalue weighted by Gasteiger charge is -2.27. The summed E-state index contributed by atoms with van der Waals surface area (Å²) < 4.78 is 15.3. The van der Waals surface area contributed by atoms with Crippen LogP contribution in [0.15, 0.2) is 0 Å². The number of halogens is 1. The van der Waals surface area contributed by atoms with Crippen LogP contribution in [0.25, 0.3) is 0 Å². The summed E-state index contributed by atoms with van der Waals surface area (Å²) in [5, 5.41) is 9.31. The molecule has 0 amide bonds. The molecule has 6 atom stereocenters. The smallest absolute Gasteiger partial charge is 0.344 e. The second kappa shape index (κ2) is 5.92. The first-order valence-corrected chi connectivity index (χ1v) is 8.80. The second-order valence-corrected chi connectivity index (χ2v) is 7.70. The maximum Gasteiger partial charge on any atom is 0.344 e. The Morgan fingerprint density at radius 2 is 2.30 bits per heavy atom. The fourth-order valence-electron chi connectivity index (χ4n) is 3.86. The van der Waals surface area contributed by atoms with E-state index in [1.54, 1.807) is 0 Å². The molecule has 0 aromatic heterocycles. The molecular weight excluding hydrogens is 417 g/mol. The maximum atomic E-state index is 11.9. The number of hydrogen-bond acceptors (Lipinski definition) is 7. The van der Waals surface area contributed by atoms with Crippen LogP contribution in [0.1, 0.15) is 26.2 Å². The van der Waals surface area contributed by atoms with E-state index in [2.05, 4.69) is 6.07 Å². The van der Waals surface area contributed by atoms with Gasteiger partial charge in [-0.1, -0.05) is 29.5 Å². The third-order valence-corrected chi connectivity index (χ3v) is 6.37. The van der Waals surface area contributed by atoms with Gasteiger partial charge in [-0.05, 0) is 19.3 Å². The number of nitrogens with zero attached hydrogens (tertiary/aromatic N) is 1. The molecule has 0 aromatic carbocycles. The van der Waals surface area contributed by atoms with Crippen LogP contribution >= 0.6 is 22.6 Å². The summed E-state index contributed by atoms with van der Waals surface area (Å²) >= 11 is 1.95. The van der Waals surface area contributed by atoms with Crippen LogP contribution in [0, 0.1) is 28.6 Å². The SMILES string of the molecule is CCC(I)C(=O)OCC(=O)OC1C2CC3C1OC(=O)C3(C#N)C2. The van der Waals surface area contributed by atoms with Gasteiger partial charge in [-0.3, -0.25) is 9.59 Å². The number of alkyl halides is 1. The molecule has 124 valence electrons. The van der Waals surface area contributed by atoms with Crippen LogP contribution < -0.4 is 0 Å². The molecule has 1 aliphatic heterocycles. The van der Waals surface area contributed by atoms with Crippen molar-refractivity contribution >= 4 is 40.5 Å². The number of nitriles is 1. The van der Waals surface area contributed by atoms with Crippen molar-refractivity contribution in [3.05, 3.63) is 0 Å². The van der Waals surface area contributed by atoms with Crippen LogP contribution in [0.4, 0.5) is 0 Å². The zero-order valence-electron chi connectivity index (χ0n) is 12.5. The van der Waals surface area contributed by atoms with Gasteiger partial charge in [0.15, 0.2) is 12.0 Å². The Labute approximate surface area is 146 Å². The number of fused-ring (bicyclic) bond motifs is 1. The fraction of sp³-hybridized carbons (Fsp3) is 0.733. The fourth-order valence-corrected chi connectivity index (χ4v) is 4.04. The molecule has 1 heterocycles. The predicted octanol–water partition coefficient (Wildman–Crippen LogP) is 1.13. The van der Waals surface area contributed by atoms with Gasteiger partial charge in [-0.15, -0.1) is 0 Å². The zero-order chi connectivity index (χ0) is 16.8. The Hall–Kier alpha value is -1.37. The molecular formula is C15H16INO6. The van der Waals surface area contributed by atoms with Gasteiger partial charge in [0.25, 0.3) is 0 Å². The monoisotopic (exact) mass is 433 g/mol. The molecule has 0 aromatic rings. The molecule has 7 nitrogen and oxygen atoms in total. The van der Waals surface area contributed by atoms with Crippen molar-refractivity contribution in [2.24, 2.45) is 17.3 Å². The number of hydrogen-bond donors (Lipinski definition) is 0. The number of carbonyl (C=O) groups excluding carboxylic acids is 3. The van der Waals surface area contributed by atoms with Gasteiger partial charge in [-0.25, -0.2) is 4.79 Å². The molecule has 0 radical (unpaired) electrons. The number of ether oxygens (including phenoxy) is 3. The Balaban J connectivity index is 1.57. The minimum atomic E-state index is -1.06. The number of carbonyl (C=O) groups is 3. The minimum Gasteiger partial charge on any atom is -0.457 e. The molecule has 1 saturated heterocycles. The van der Waals surface area contributed by atoms with E-state index in [0.29, 0.717) is 19.3 Å². The van der Waals surface area contributed by atoms with E-state index in [1.807, 2.05) is 29.5 Å². The lowest BCUT2D eigenvalue weighted by Crippen LogP contribution is -2.40. The standard InChI is InChI=1S/C15H16INO6/c1-2-9(16)13(19)21-5-10(18)22-11-7-3-8-12(11)23-14(20)15(8,4-7)6-17/h7-9,11-12H,2-5H2,1H3. The third-order valence-electron chi connectivity index (χ3n) is 4.98. The lowest BCUT2D eigenvalue weighted by atomic mass is 9.75. The molecule has 0 spiro atoms. The predicted molar refractivity (Wildman–Crippen MR) is 83.1 cm³/mol. The second-order valence-electron chi connectivity index (χ2n) is 6.20. The van der Waals surface area contributed by atoms with Crippen LogP contribution in [-0.2, 0) is 28.6 Å². The molecule has 2 aliphatic carbocycles. The third kappa shape index (κ3) is 2.49. The highest BCUT2D eigenvalue weighted by Gasteiger charge is 2.72. The average molecular weight is 433 g/mol.